The zero-order valence-electron chi connectivity index (χ0n) is 13.6. The third-order valence-electron chi connectivity index (χ3n) is 3.95. The molecule has 1 aromatic heterocycles. The van der Waals surface area contributed by atoms with E-state index in [1.807, 2.05) is 0 Å². The smallest absolute Gasteiger partial charge is 0.423 e. The number of ether oxygens (including phenoxy) is 1. The molecule has 2 aromatic rings. The van der Waals surface area contributed by atoms with Crippen LogP contribution in [0.25, 0.3) is 5.69 Å². The van der Waals surface area contributed by atoms with Gasteiger partial charge in [0.1, 0.15) is 0 Å². The Kier molecular flexibility index (Phi) is 3.83. The molecule has 1 aliphatic rings. The first-order valence-electron chi connectivity index (χ1n) is 7.05. The van der Waals surface area contributed by atoms with Crippen LogP contribution in [-0.4, -0.2) is 32.8 Å². The molecule has 138 valence electrons. The number of rotatable bonds is 1. The Morgan fingerprint density at radius 3 is 2.08 bits per heavy atom. The quantitative estimate of drug-likeness (QED) is 0.672. The zero-order valence-corrected chi connectivity index (χ0v) is 14.4. The Morgan fingerprint density at radius 1 is 1.00 bits per heavy atom. The third-order valence-corrected chi connectivity index (χ3v) is 4.50. The number of amides is 1. The lowest BCUT2D eigenvalue weighted by molar-refractivity contribution is -0.192. The SMILES string of the molecule is CN1C(=O)C(F)(F)Oc2cc(F)c(-n3c(=O)n(C)c(=S)n(C)c3=O)cc21. The van der Waals surface area contributed by atoms with Crippen LogP contribution >= 0.6 is 12.2 Å². The van der Waals surface area contributed by atoms with Gasteiger partial charge in [-0.2, -0.15) is 8.78 Å². The van der Waals surface area contributed by atoms with E-state index in [9.17, 15) is 27.6 Å². The van der Waals surface area contributed by atoms with Crippen molar-refractivity contribution >= 4 is 23.8 Å². The molecule has 12 heteroatoms. The fourth-order valence-corrected chi connectivity index (χ4v) is 2.67. The van der Waals surface area contributed by atoms with Crippen molar-refractivity contribution < 1.29 is 22.7 Å². The molecule has 0 saturated heterocycles. The van der Waals surface area contributed by atoms with Gasteiger partial charge < -0.3 is 9.64 Å². The summed E-state index contributed by atoms with van der Waals surface area (Å²) in [5.74, 6) is -3.44. The molecule has 1 aliphatic heterocycles. The number of carbonyl (C=O) groups is 1. The van der Waals surface area contributed by atoms with Crippen molar-refractivity contribution in [2.75, 3.05) is 11.9 Å². The van der Waals surface area contributed by atoms with E-state index in [4.69, 9.17) is 12.2 Å². The van der Waals surface area contributed by atoms with Crippen LogP contribution in [0.2, 0.25) is 0 Å². The zero-order chi connectivity index (χ0) is 19.5. The monoisotopic (exact) mass is 388 g/mol. The van der Waals surface area contributed by atoms with Gasteiger partial charge in [0.2, 0.25) is 0 Å². The normalized spacial score (nSPS) is 15.6. The van der Waals surface area contributed by atoms with Gasteiger partial charge in [-0.3, -0.25) is 13.9 Å². The van der Waals surface area contributed by atoms with Crippen molar-refractivity contribution in [3.05, 3.63) is 43.7 Å². The van der Waals surface area contributed by atoms with Gasteiger partial charge >= 0.3 is 23.4 Å². The van der Waals surface area contributed by atoms with Gasteiger partial charge in [-0.25, -0.2) is 18.5 Å². The summed E-state index contributed by atoms with van der Waals surface area (Å²) >= 11 is 4.93. The molecule has 2 heterocycles. The van der Waals surface area contributed by atoms with Gasteiger partial charge in [0, 0.05) is 27.2 Å². The molecule has 0 saturated carbocycles. The maximum absolute atomic E-state index is 14.5. The Bertz CT molecular complexity index is 1090. The number of halogens is 3. The van der Waals surface area contributed by atoms with Crippen molar-refractivity contribution in [2.45, 2.75) is 6.11 Å². The van der Waals surface area contributed by atoms with Gasteiger partial charge in [0.25, 0.3) is 0 Å². The molecular formula is C14H11F3N4O4S. The van der Waals surface area contributed by atoms with Crippen LogP contribution in [0.15, 0.2) is 21.7 Å². The van der Waals surface area contributed by atoms with Crippen molar-refractivity contribution in [1.29, 1.82) is 0 Å². The molecule has 0 unspecified atom stereocenters. The average molecular weight is 388 g/mol. The molecule has 0 atom stereocenters. The van der Waals surface area contributed by atoms with Crippen LogP contribution in [0.4, 0.5) is 18.9 Å². The van der Waals surface area contributed by atoms with E-state index in [1.54, 1.807) is 0 Å². The molecule has 8 nitrogen and oxygen atoms in total. The summed E-state index contributed by atoms with van der Waals surface area (Å²) in [5, 5.41) is 0. The first-order valence-corrected chi connectivity index (χ1v) is 7.46. The highest BCUT2D eigenvalue weighted by Gasteiger charge is 2.49. The Morgan fingerprint density at radius 2 is 1.54 bits per heavy atom. The predicted molar refractivity (Wildman–Crippen MR) is 86.0 cm³/mol. The molecule has 1 amide bonds. The lowest BCUT2D eigenvalue weighted by atomic mass is 10.2. The standard InChI is InChI=1S/C14H11F3N4O4S/c1-18-8-5-7(6(15)4-9(8)25-14(16,17)10(18)22)21-11(23)19(2)13(26)20(3)12(21)24/h4-5H,1-3H3. The van der Waals surface area contributed by atoms with E-state index in [0.29, 0.717) is 15.5 Å². The van der Waals surface area contributed by atoms with Crippen molar-refractivity contribution in [2.24, 2.45) is 14.1 Å². The lowest BCUT2D eigenvalue weighted by Crippen LogP contribution is -2.49. The minimum atomic E-state index is -4.15. The van der Waals surface area contributed by atoms with Crippen molar-refractivity contribution in [3.63, 3.8) is 0 Å². The molecule has 26 heavy (non-hydrogen) atoms. The minimum Gasteiger partial charge on any atom is -0.423 e. The Labute approximate surface area is 148 Å². The predicted octanol–water partition coefficient (Wildman–Crippen LogP) is 0.691. The van der Waals surface area contributed by atoms with Crippen LogP contribution in [0, 0.1) is 10.6 Å². The summed E-state index contributed by atoms with van der Waals surface area (Å²) in [4.78, 5) is 36.9. The number of nitrogens with zero attached hydrogens (tertiary/aromatic N) is 4. The number of anilines is 1. The van der Waals surface area contributed by atoms with Crippen LogP contribution in [0.5, 0.6) is 5.75 Å². The number of fused-ring (bicyclic) bond motifs is 1. The number of aromatic nitrogens is 3. The summed E-state index contributed by atoms with van der Waals surface area (Å²) in [6.07, 6.45) is -4.15. The number of hydrogen-bond acceptors (Lipinski definition) is 5. The van der Waals surface area contributed by atoms with Gasteiger partial charge in [-0.05, 0) is 18.3 Å². The van der Waals surface area contributed by atoms with E-state index in [1.165, 1.54) is 14.1 Å². The van der Waals surface area contributed by atoms with Gasteiger partial charge in [-0.15, -0.1) is 0 Å². The van der Waals surface area contributed by atoms with Crippen LogP contribution in [0.1, 0.15) is 0 Å². The Balaban J connectivity index is 2.35. The molecule has 0 fully saturated rings. The number of benzene rings is 1. The lowest BCUT2D eigenvalue weighted by Gasteiger charge is -2.31. The third kappa shape index (κ3) is 2.36. The first-order chi connectivity index (χ1) is 12.0. The van der Waals surface area contributed by atoms with Crippen molar-refractivity contribution in [3.8, 4) is 11.4 Å². The summed E-state index contributed by atoms with van der Waals surface area (Å²) in [6, 6.07) is 1.48. The highest BCUT2D eigenvalue weighted by molar-refractivity contribution is 7.71. The molecule has 3 rings (SSSR count). The maximum atomic E-state index is 14.5. The highest BCUT2D eigenvalue weighted by Crippen LogP contribution is 2.40. The second kappa shape index (κ2) is 5.56. The molecule has 0 aliphatic carbocycles. The van der Waals surface area contributed by atoms with E-state index in [0.717, 1.165) is 22.2 Å². The summed E-state index contributed by atoms with van der Waals surface area (Å²) in [6.45, 7) is 0. The molecule has 0 N–H and O–H groups in total. The summed E-state index contributed by atoms with van der Waals surface area (Å²) < 4.78 is 48.0. The summed E-state index contributed by atoms with van der Waals surface area (Å²) in [5.41, 5.74) is -2.63. The number of carbonyl (C=O) groups excluding carboxylic acids is 1. The second-order valence-corrected chi connectivity index (χ2v) is 5.92. The fourth-order valence-electron chi connectivity index (χ4n) is 2.51. The van der Waals surface area contributed by atoms with E-state index >= 15 is 0 Å². The number of alkyl halides is 2. The molecule has 1 aromatic carbocycles. The van der Waals surface area contributed by atoms with Crippen molar-refractivity contribution in [1.82, 2.24) is 13.7 Å². The average Bonchev–Trinajstić information content (AvgIpc) is 2.57. The van der Waals surface area contributed by atoms with Gasteiger partial charge in [-0.1, -0.05) is 0 Å². The largest absolute Gasteiger partial charge is 0.482 e. The first kappa shape index (κ1) is 17.9. The van der Waals surface area contributed by atoms with Gasteiger partial charge in [0.15, 0.2) is 16.3 Å². The van der Waals surface area contributed by atoms with E-state index in [-0.39, 0.29) is 10.5 Å². The van der Waals surface area contributed by atoms with E-state index < -0.39 is 40.6 Å². The molecular weight excluding hydrogens is 377 g/mol. The summed E-state index contributed by atoms with van der Waals surface area (Å²) in [7, 11) is 3.61. The highest BCUT2D eigenvalue weighted by atomic mass is 32.1. The van der Waals surface area contributed by atoms with Gasteiger partial charge in [0.05, 0.1) is 11.4 Å². The van der Waals surface area contributed by atoms with E-state index in [2.05, 4.69) is 4.74 Å². The maximum Gasteiger partial charge on any atom is 0.482 e. The number of hydrogen-bond donors (Lipinski definition) is 0. The van der Waals surface area contributed by atoms with Crippen LogP contribution in [-0.2, 0) is 18.9 Å². The number of likely N-dealkylation sites (N-methyl/N-ethyl adjacent to an activating group) is 1. The van der Waals surface area contributed by atoms with Crippen LogP contribution in [0.3, 0.4) is 0 Å². The Hall–Kier alpha value is -2.89. The fraction of sp³-hybridized carbons (Fsp3) is 0.286. The molecule has 0 bridgehead atoms. The molecule has 0 radical (unpaired) electrons. The topological polar surface area (TPSA) is 78.5 Å². The van der Waals surface area contributed by atoms with Crippen LogP contribution < -0.4 is 21.0 Å². The minimum absolute atomic E-state index is 0.0927. The molecule has 0 spiro atoms. The second-order valence-electron chi connectivity index (χ2n) is 5.56.